The first-order chi connectivity index (χ1) is 16.4. The van der Waals surface area contributed by atoms with E-state index in [0.29, 0.717) is 39.8 Å². The van der Waals surface area contributed by atoms with E-state index in [4.69, 9.17) is 23.7 Å². The lowest BCUT2D eigenvalue weighted by atomic mass is 9.96. The van der Waals surface area contributed by atoms with Crippen LogP contribution in [-0.2, 0) is 0 Å². The molecule has 34 heavy (non-hydrogen) atoms. The van der Waals surface area contributed by atoms with Crippen LogP contribution in [0.4, 0.5) is 0 Å². The number of rotatable bonds is 8. The highest BCUT2D eigenvalue weighted by atomic mass is 16.5. The number of fused-ring (bicyclic) bond motifs is 1. The second-order valence-electron chi connectivity index (χ2n) is 7.71. The summed E-state index contributed by atoms with van der Waals surface area (Å²) in [4.78, 5) is 17.4. The Morgan fingerprint density at radius 2 is 1.41 bits per heavy atom. The summed E-state index contributed by atoms with van der Waals surface area (Å²) in [6.45, 7) is 1.97. The minimum atomic E-state index is -0.181. The monoisotopic (exact) mass is 461 g/mol. The zero-order valence-corrected chi connectivity index (χ0v) is 20.1. The average Bonchev–Trinajstić information content (AvgIpc) is 3.25. The first-order valence-electron chi connectivity index (χ1n) is 10.6. The molecule has 0 aliphatic rings. The predicted molar refractivity (Wildman–Crippen MR) is 131 cm³/mol. The van der Waals surface area contributed by atoms with Gasteiger partial charge in [0.05, 0.1) is 52.3 Å². The van der Waals surface area contributed by atoms with E-state index in [0.717, 1.165) is 27.8 Å². The maximum absolute atomic E-state index is 14.0. The highest BCUT2D eigenvalue weighted by Crippen LogP contribution is 2.41. The number of ether oxygens (including phenoxy) is 5. The number of aromatic nitrogens is 1. The summed E-state index contributed by atoms with van der Waals surface area (Å²) in [5.41, 5.74) is 4.27. The van der Waals surface area contributed by atoms with Crippen molar-refractivity contribution in [2.75, 3.05) is 35.5 Å². The van der Waals surface area contributed by atoms with Crippen molar-refractivity contribution in [3.8, 4) is 40.0 Å². The minimum absolute atomic E-state index is 0.181. The van der Waals surface area contributed by atoms with Crippen molar-refractivity contribution in [2.45, 2.75) is 6.92 Å². The number of hydrogen-bond donors (Lipinski definition) is 1. The van der Waals surface area contributed by atoms with Crippen molar-refractivity contribution in [1.29, 1.82) is 0 Å². The first-order valence-corrected chi connectivity index (χ1v) is 10.6. The molecule has 0 aliphatic carbocycles. The Kier molecular flexibility index (Phi) is 6.36. The van der Waals surface area contributed by atoms with Crippen LogP contribution in [0.25, 0.3) is 22.2 Å². The molecule has 0 radical (unpaired) electrons. The number of nitrogens with one attached hydrogen (secondary N) is 1. The zero-order chi connectivity index (χ0) is 24.4. The third kappa shape index (κ3) is 3.90. The molecule has 0 atom stereocenters. The summed E-state index contributed by atoms with van der Waals surface area (Å²) < 4.78 is 27.1. The predicted octanol–water partition coefficient (Wildman–Crippen LogP) is 5.42. The second kappa shape index (κ2) is 9.39. The number of carbonyl (C=O) groups is 1. The van der Waals surface area contributed by atoms with Gasteiger partial charge in [0.15, 0.2) is 17.3 Å². The number of methoxy groups -OCH3 is 5. The van der Waals surface area contributed by atoms with E-state index < -0.39 is 0 Å². The van der Waals surface area contributed by atoms with Gasteiger partial charge in [0, 0.05) is 17.0 Å². The highest BCUT2D eigenvalue weighted by molar-refractivity contribution is 6.20. The molecule has 0 saturated carbocycles. The molecule has 0 spiro atoms. The number of aromatic amines is 1. The molecule has 0 aliphatic heterocycles. The van der Waals surface area contributed by atoms with Gasteiger partial charge in [0.2, 0.25) is 5.75 Å². The third-order valence-corrected chi connectivity index (χ3v) is 5.84. The molecule has 1 heterocycles. The van der Waals surface area contributed by atoms with Crippen LogP contribution in [0.2, 0.25) is 0 Å². The fourth-order valence-corrected chi connectivity index (χ4v) is 4.15. The highest BCUT2D eigenvalue weighted by Gasteiger charge is 2.24. The minimum Gasteiger partial charge on any atom is -0.497 e. The van der Waals surface area contributed by atoms with Crippen molar-refractivity contribution in [1.82, 2.24) is 4.98 Å². The molecular weight excluding hydrogens is 434 g/mol. The van der Waals surface area contributed by atoms with E-state index in [1.165, 1.54) is 21.3 Å². The second-order valence-corrected chi connectivity index (χ2v) is 7.71. The Morgan fingerprint density at radius 3 is 1.97 bits per heavy atom. The van der Waals surface area contributed by atoms with E-state index in [2.05, 4.69) is 4.98 Å². The summed E-state index contributed by atoms with van der Waals surface area (Å²) in [7, 11) is 7.82. The summed E-state index contributed by atoms with van der Waals surface area (Å²) in [6.07, 6.45) is 0. The summed E-state index contributed by atoms with van der Waals surface area (Å²) >= 11 is 0. The van der Waals surface area contributed by atoms with Crippen molar-refractivity contribution in [3.05, 3.63) is 65.2 Å². The van der Waals surface area contributed by atoms with Gasteiger partial charge in [0.1, 0.15) is 11.5 Å². The molecule has 4 rings (SSSR count). The van der Waals surface area contributed by atoms with Crippen molar-refractivity contribution in [3.63, 3.8) is 0 Å². The quantitative estimate of drug-likeness (QED) is 0.353. The van der Waals surface area contributed by atoms with Crippen molar-refractivity contribution < 1.29 is 28.5 Å². The van der Waals surface area contributed by atoms with Gasteiger partial charge in [-0.15, -0.1) is 0 Å². The van der Waals surface area contributed by atoms with Gasteiger partial charge in [-0.3, -0.25) is 4.79 Å². The van der Waals surface area contributed by atoms with Crippen LogP contribution in [-0.4, -0.2) is 46.3 Å². The Labute approximate surface area is 198 Å². The molecule has 7 heteroatoms. The van der Waals surface area contributed by atoms with Gasteiger partial charge in [-0.2, -0.15) is 0 Å². The molecule has 0 amide bonds. The molecule has 0 bridgehead atoms. The van der Waals surface area contributed by atoms with Crippen LogP contribution in [0.5, 0.6) is 28.7 Å². The third-order valence-electron chi connectivity index (χ3n) is 5.84. The Bertz CT molecular complexity index is 1350. The van der Waals surface area contributed by atoms with E-state index >= 15 is 0 Å². The lowest BCUT2D eigenvalue weighted by Crippen LogP contribution is -2.05. The molecule has 0 unspecified atom stereocenters. The normalized spacial score (nSPS) is 10.8. The number of carbonyl (C=O) groups excluding carboxylic acids is 1. The lowest BCUT2D eigenvalue weighted by molar-refractivity contribution is 0.104. The van der Waals surface area contributed by atoms with Gasteiger partial charge >= 0.3 is 0 Å². The van der Waals surface area contributed by atoms with E-state index in [1.54, 1.807) is 26.4 Å². The zero-order valence-electron chi connectivity index (χ0n) is 20.1. The van der Waals surface area contributed by atoms with E-state index in [-0.39, 0.29) is 5.78 Å². The average molecular weight is 462 g/mol. The topological polar surface area (TPSA) is 79.0 Å². The number of hydrogen-bond acceptors (Lipinski definition) is 6. The van der Waals surface area contributed by atoms with Crippen LogP contribution in [0.1, 0.15) is 21.5 Å². The van der Waals surface area contributed by atoms with E-state index in [9.17, 15) is 4.79 Å². The summed E-state index contributed by atoms with van der Waals surface area (Å²) in [5, 5.41) is 0.781. The maximum Gasteiger partial charge on any atom is 0.203 e. The van der Waals surface area contributed by atoms with Crippen LogP contribution in [0.15, 0.2) is 48.5 Å². The van der Waals surface area contributed by atoms with Crippen LogP contribution in [0.3, 0.4) is 0 Å². The number of H-pyrrole nitrogens is 1. The Balaban J connectivity index is 1.97. The van der Waals surface area contributed by atoms with Gasteiger partial charge in [-0.05, 0) is 60.5 Å². The number of aryl methyl sites for hydroxylation is 1. The van der Waals surface area contributed by atoms with Gasteiger partial charge < -0.3 is 28.7 Å². The fourth-order valence-electron chi connectivity index (χ4n) is 4.15. The smallest absolute Gasteiger partial charge is 0.203 e. The molecule has 1 N–H and O–H groups in total. The maximum atomic E-state index is 14.0. The Morgan fingerprint density at radius 1 is 0.735 bits per heavy atom. The van der Waals surface area contributed by atoms with Crippen LogP contribution < -0.4 is 23.7 Å². The largest absolute Gasteiger partial charge is 0.497 e. The Hall–Kier alpha value is -4.13. The number of benzene rings is 3. The molecule has 1 aromatic heterocycles. The van der Waals surface area contributed by atoms with Gasteiger partial charge in [0.25, 0.3) is 0 Å². The standard InChI is InChI=1S/C27H27NO6/c1-15-11-16(7-10-21(15)31-3)25-24(19-9-8-18(30-2)14-20(19)28-25)26(29)17-12-22(32-4)27(34-6)23(13-17)33-5/h7-14,28H,1-6H3. The van der Waals surface area contributed by atoms with Crippen LogP contribution in [0, 0.1) is 6.92 Å². The first kappa shape index (κ1) is 23.0. The molecule has 176 valence electrons. The molecule has 0 fully saturated rings. The SMILES string of the molecule is COc1ccc2c(C(=O)c3cc(OC)c(OC)c(OC)c3)c(-c3ccc(OC)c(C)c3)[nH]c2c1. The van der Waals surface area contributed by atoms with Gasteiger partial charge in [-0.1, -0.05) is 0 Å². The van der Waals surface area contributed by atoms with Crippen LogP contribution >= 0.6 is 0 Å². The van der Waals surface area contributed by atoms with Crippen molar-refractivity contribution in [2.24, 2.45) is 0 Å². The van der Waals surface area contributed by atoms with Crippen molar-refractivity contribution >= 4 is 16.7 Å². The molecule has 4 aromatic rings. The molecule has 3 aromatic carbocycles. The molecule has 0 saturated heterocycles. The lowest BCUT2D eigenvalue weighted by Gasteiger charge is -2.14. The molecular formula is C27H27NO6. The molecule has 7 nitrogen and oxygen atoms in total. The number of ketones is 1. The fraction of sp³-hybridized carbons (Fsp3) is 0.222. The van der Waals surface area contributed by atoms with E-state index in [1.807, 2.05) is 43.3 Å². The summed E-state index contributed by atoms with van der Waals surface area (Å²) in [6, 6.07) is 14.7. The summed E-state index contributed by atoms with van der Waals surface area (Å²) in [5.74, 6) is 2.54. The van der Waals surface area contributed by atoms with Gasteiger partial charge in [-0.25, -0.2) is 0 Å².